The fourth-order valence-corrected chi connectivity index (χ4v) is 1.12. The highest BCUT2D eigenvalue weighted by molar-refractivity contribution is 5.67. The summed E-state index contributed by atoms with van der Waals surface area (Å²) in [6, 6.07) is 0. The standard InChI is InChI=1S/C10H19N3O2/c1-10(2,3)15-9(14)11-7-5-4-6-8-12-13-8/h8H,4-7H2,1-3H3,(H,11,14). The highest BCUT2D eigenvalue weighted by atomic mass is 16.6. The average molecular weight is 213 g/mol. The Morgan fingerprint density at radius 1 is 1.33 bits per heavy atom. The van der Waals surface area contributed by atoms with Crippen molar-refractivity contribution in [3.63, 3.8) is 0 Å². The summed E-state index contributed by atoms with van der Waals surface area (Å²) < 4.78 is 5.09. The molecule has 0 radical (unpaired) electrons. The second-order valence-corrected chi connectivity index (χ2v) is 4.64. The van der Waals surface area contributed by atoms with Crippen LogP contribution in [0.15, 0.2) is 10.2 Å². The molecule has 5 nitrogen and oxygen atoms in total. The van der Waals surface area contributed by atoms with Crippen molar-refractivity contribution in [2.45, 2.75) is 51.8 Å². The predicted molar refractivity (Wildman–Crippen MR) is 56.7 cm³/mol. The lowest BCUT2D eigenvalue weighted by atomic mass is 10.2. The van der Waals surface area contributed by atoms with Gasteiger partial charge in [-0.05, 0) is 40.0 Å². The normalized spacial score (nSPS) is 15.1. The van der Waals surface area contributed by atoms with Crippen LogP contribution in [0.3, 0.4) is 0 Å². The Bertz CT molecular complexity index is 240. The number of nitrogens with zero attached hydrogens (tertiary/aromatic N) is 2. The number of ether oxygens (including phenoxy) is 1. The SMILES string of the molecule is CC(C)(C)OC(=O)NCCCCC1N=N1. The minimum atomic E-state index is -0.421. The third-order valence-electron chi connectivity index (χ3n) is 1.84. The summed E-state index contributed by atoms with van der Waals surface area (Å²) in [4.78, 5) is 11.2. The number of alkyl carbamates (subject to hydrolysis) is 1. The Morgan fingerprint density at radius 2 is 2.00 bits per heavy atom. The molecule has 15 heavy (non-hydrogen) atoms. The Balaban J connectivity index is 1.91. The molecule has 0 aromatic heterocycles. The molecule has 1 aliphatic heterocycles. The number of unbranched alkanes of at least 4 members (excludes halogenated alkanes) is 1. The van der Waals surface area contributed by atoms with E-state index in [9.17, 15) is 4.79 Å². The number of hydrogen-bond acceptors (Lipinski definition) is 4. The molecular formula is C10H19N3O2. The number of carbonyl (C=O) groups excluding carboxylic acids is 1. The van der Waals surface area contributed by atoms with Gasteiger partial charge < -0.3 is 10.1 Å². The molecule has 0 aliphatic carbocycles. The van der Waals surface area contributed by atoms with Crippen LogP contribution in [0.4, 0.5) is 4.79 Å². The molecule has 0 saturated heterocycles. The van der Waals surface area contributed by atoms with Crippen LogP contribution >= 0.6 is 0 Å². The molecule has 0 saturated carbocycles. The van der Waals surface area contributed by atoms with Crippen molar-refractivity contribution in [3.8, 4) is 0 Å². The first kappa shape index (κ1) is 11.9. The second-order valence-electron chi connectivity index (χ2n) is 4.64. The second kappa shape index (κ2) is 5.09. The van der Waals surface area contributed by atoms with Gasteiger partial charge in [0.15, 0.2) is 6.17 Å². The van der Waals surface area contributed by atoms with E-state index in [1.54, 1.807) is 0 Å². The van der Waals surface area contributed by atoms with Crippen LogP contribution in [-0.2, 0) is 4.74 Å². The van der Waals surface area contributed by atoms with Gasteiger partial charge in [0.2, 0.25) is 0 Å². The Labute approximate surface area is 90.3 Å². The van der Waals surface area contributed by atoms with Crippen LogP contribution < -0.4 is 5.32 Å². The molecule has 1 rings (SSSR count). The molecular weight excluding hydrogens is 194 g/mol. The Kier molecular flexibility index (Phi) is 4.05. The summed E-state index contributed by atoms with van der Waals surface area (Å²) in [5, 5.41) is 10.3. The van der Waals surface area contributed by atoms with Crippen LogP contribution in [0.1, 0.15) is 40.0 Å². The fraction of sp³-hybridized carbons (Fsp3) is 0.900. The van der Waals surface area contributed by atoms with Crippen molar-refractivity contribution in [1.82, 2.24) is 5.32 Å². The van der Waals surface area contributed by atoms with Crippen LogP contribution in [-0.4, -0.2) is 24.4 Å². The summed E-state index contributed by atoms with van der Waals surface area (Å²) in [6.45, 7) is 6.20. The van der Waals surface area contributed by atoms with Crippen molar-refractivity contribution in [1.29, 1.82) is 0 Å². The lowest BCUT2D eigenvalue weighted by Gasteiger charge is -2.19. The quantitative estimate of drug-likeness (QED) is 0.713. The van der Waals surface area contributed by atoms with E-state index in [0.29, 0.717) is 6.54 Å². The summed E-state index contributed by atoms with van der Waals surface area (Å²) in [6.07, 6.45) is 2.87. The predicted octanol–water partition coefficient (Wildman–Crippen LogP) is 2.47. The number of rotatable bonds is 5. The van der Waals surface area contributed by atoms with E-state index >= 15 is 0 Å². The van der Waals surface area contributed by atoms with E-state index in [2.05, 4.69) is 15.5 Å². The number of amides is 1. The highest BCUT2D eigenvalue weighted by Crippen LogP contribution is 2.16. The highest BCUT2D eigenvalue weighted by Gasteiger charge is 2.16. The molecule has 0 unspecified atom stereocenters. The van der Waals surface area contributed by atoms with Gasteiger partial charge in [-0.15, -0.1) is 0 Å². The Hall–Kier alpha value is -1.13. The topological polar surface area (TPSA) is 63.0 Å². The zero-order chi connectivity index (χ0) is 11.3. The van der Waals surface area contributed by atoms with Crippen LogP contribution in [0.5, 0.6) is 0 Å². The van der Waals surface area contributed by atoms with Crippen molar-refractivity contribution in [3.05, 3.63) is 0 Å². The molecule has 1 N–H and O–H groups in total. The number of nitrogens with one attached hydrogen (secondary N) is 1. The first-order valence-electron chi connectivity index (χ1n) is 5.34. The zero-order valence-corrected chi connectivity index (χ0v) is 9.62. The molecule has 86 valence electrons. The van der Waals surface area contributed by atoms with Crippen molar-refractivity contribution >= 4 is 6.09 Å². The first-order valence-corrected chi connectivity index (χ1v) is 5.34. The van der Waals surface area contributed by atoms with Gasteiger partial charge in [0.1, 0.15) is 5.60 Å². The average Bonchev–Trinajstić information content (AvgIpc) is 2.83. The summed E-state index contributed by atoms with van der Waals surface area (Å²) in [7, 11) is 0. The van der Waals surface area contributed by atoms with Crippen molar-refractivity contribution in [2.24, 2.45) is 10.2 Å². The Morgan fingerprint density at radius 3 is 2.53 bits per heavy atom. The minimum absolute atomic E-state index is 0.242. The molecule has 0 aromatic carbocycles. The van der Waals surface area contributed by atoms with Gasteiger partial charge in [-0.1, -0.05) is 0 Å². The lowest BCUT2D eigenvalue weighted by Crippen LogP contribution is -2.33. The minimum Gasteiger partial charge on any atom is -0.444 e. The van der Waals surface area contributed by atoms with E-state index in [-0.39, 0.29) is 12.3 Å². The monoisotopic (exact) mass is 213 g/mol. The van der Waals surface area contributed by atoms with Gasteiger partial charge in [0.25, 0.3) is 0 Å². The summed E-state index contributed by atoms with van der Waals surface area (Å²) in [5.74, 6) is 0. The first-order chi connectivity index (χ1) is 6.97. The molecule has 0 atom stereocenters. The van der Waals surface area contributed by atoms with Crippen molar-refractivity contribution < 1.29 is 9.53 Å². The molecule has 0 aromatic rings. The van der Waals surface area contributed by atoms with Crippen molar-refractivity contribution in [2.75, 3.05) is 6.54 Å². The fourth-order valence-electron chi connectivity index (χ4n) is 1.12. The molecule has 0 spiro atoms. The number of carbonyl (C=O) groups is 1. The van der Waals surface area contributed by atoms with Crippen LogP contribution in [0, 0.1) is 0 Å². The van der Waals surface area contributed by atoms with E-state index < -0.39 is 5.60 Å². The number of hydrogen-bond donors (Lipinski definition) is 1. The molecule has 0 bridgehead atoms. The van der Waals surface area contributed by atoms with Crippen LogP contribution in [0.25, 0.3) is 0 Å². The maximum absolute atomic E-state index is 11.2. The molecule has 5 heteroatoms. The molecule has 1 heterocycles. The smallest absolute Gasteiger partial charge is 0.407 e. The van der Waals surface area contributed by atoms with E-state index in [1.807, 2.05) is 20.8 Å². The van der Waals surface area contributed by atoms with Gasteiger partial charge >= 0.3 is 6.09 Å². The molecule has 1 amide bonds. The maximum atomic E-state index is 11.2. The van der Waals surface area contributed by atoms with Gasteiger partial charge in [-0.2, -0.15) is 10.2 Å². The van der Waals surface area contributed by atoms with Crippen LogP contribution in [0.2, 0.25) is 0 Å². The largest absolute Gasteiger partial charge is 0.444 e. The van der Waals surface area contributed by atoms with E-state index in [1.165, 1.54) is 0 Å². The van der Waals surface area contributed by atoms with Gasteiger partial charge in [-0.3, -0.25) is 0 Å². The van der Waals surface area contributed by atoms with E-state index in [4.69, 9.17) is 4.74 Å². The maximum Gasteiger partial charge on any atom is 0.407 e. The van der Waals surface area contributed by atoms with Gasteiger partial charge in [0.05, 0.1) is 0 Å². The van der Waals surface area contributed by atoms with Gasteiger partial charge in [0, 0.05) is 6.54 Å². The van der Waals surface area contributed by atoms with E-state index in [0.717, 1.165) is 19.3 Å². The molecule has 1 aliphatic rings. The summed E-state index contributed by atoms with van der Waals surface area (Å²) in [5.41, 5.74) is -0.421. The summed E-state index contributed by atoms with van der Waals surface area (Å²) >= 11 is 0. The third-order valence-corrected chi connectivity index (χ3v) is 1.84. The lowest BCUT2D eigenvalue weighted by molar-refractivity contribution is 0.0527. The zero-order valence-electron chi connectivity index (χ0n) is 9.62. The third kappa shape index (κ3) is 6.88. The molecule has 0 fully saturated rings. The van der Waals surface area contributed by atoms with Gasteiger partial charge in [-0.25, -0.2) is 4.79 Å².